The number of ether oxygens (including phenoxy) is 1. The number of aliphatic hydroxyl groups excluding tert-OH is 1. The van der Waals surface area contributed by atoms with Crippen molar-refractivity contribution in [3.63, 3.8) is 0 Å². The van der Waals surface area contributed by atoms with Gasteiger partial charge in [0.05, 0.1) is 13.2 Å². The van der Waals surface area contributed by atoms with Crippen molar-refractivity contribution in [2.45, 2.75) is 20.3 Å². The summed E-state index contributed by atoms with van der Waals surface area (Å²) < 4.78 is 27.4. The normalized spacial score (nSPS) is 23.9. The second-order valence-electron chi connectivity index (χ2n) is 4.44. The number of hydrogen-bond donors (Lipinski definition) is 1. The molecule has 1 aliphatic heterocycles. The van der Waals surface area contributed by atoms with Crippen LogP contribution < -0.4 is 0 Å². The Kier molecular flexibility index (Phi) is 4.74. The van der Waals surface area contributed by atoms with Gasteiger partial charge in [0, 0.05) is 18.6 Å². The lowest BCUT2D eigenvalue weighted by Gasteiger charge is -2.33. The Morgan fingerprint density at radius 2 is 2.00 bits per heavy atom. The molecule has 0 bridgehead atoms. The molecule has 0 aromatic carbocycles. The number of aliphatic hydroxyl groups is 1. The largest absolute Gasteiger partial charge is 0.396 e. The van der Waals surface area contributed by atoms with Crippen molar-refractivity contribution in [1.82, 2.24) is 0 Å². The third-order valence-electron chi connectivity index (χ3n) is 2.00. The Balaban J connectivity index is 2.26. The summed E-state index contributed by atoms with van der Waals surface area (Å²) in [6, 6.07) is 0. The van der Waals surface area contributed by atoms with Gasteiger partial charge in [-0.25, -0.2) is 0 Å². The van der Waals surface area contributed by atoms with E-state index < -0.39 is 7.60 Å². The summed E-state index contributed by atoms with van der Waals surface area (Å²) in [6.07, 6.45) is 0.509. The highest BCUT2D eigenvalue weighted by molar-refractivity contribution is 7.53. The van der Waals surface area contributed by atoms with Crippen LogP contribution in [0.25, 0.3) is 0 Å². The van der Waals surface area contributed by atoms with Crippen LogP contribution >= 0.6 is 7.60 Å². The first-order valence-electron chi connectivity index (χ1n) is 5.04. The molecule has 0 aliphatic carbocycles. The lowest BCUT2D eigenvalue weighted by molar-refractivity contribution is 0.0255. The second-order valence-corrected chi connectivity index (χ2v) is 6.43. The number of hydrogen-bond acceptors (Lipinski definition) is 5. The zero-order valence-electron chi connectivity index (χ0n) is 9.27. The van der Waals surface area contributed by atoms with E-state index in [1.54, 1.807) is 0 Å². The van der Waals surface area contributed by atoms with Crippen LogP contribution in [-0.2, 0) is 18.3 Å². The predicted octanol–water partition coefficient (Wildman–Crippen LogP) is 1.61. The average molecular weight is 238 g/mol. The summed E-state index contributed by atoms with van der Waals surface area (Å²) >= 11 is 0. The topological polar surface area (TPSA) is 65.0 Å². The third-order valence-corrected chi connectivity index (χ3v) is 3.54. The molecule has 0 spiro atoms. The van der Waals surface area contributed by atoms with Crippen molar-refractivity contribution in [3.8, 4) is 0 Å². The van der Waals surface area contributed by atoms with Gasteiger partial charge < -0.3 is 18.9 Å². The standard InChI is InChI=1S/C9H19O5P/c1-9(2)6-13-15(11,14-7-9)8-12-5-3-4-10/h10H,3-8H2,1-2H3. The lowest BCUT2D eigenvalue weighted by Crippen LogP contribution is -2.30. The van der Waals surface area contributed by atoms with Crippen LogP contribution in [0.2, 0.25) is 0 Å². The molecule has 0 unspecified atom stereocenters. The lowest BCUT2D eigenvalue weighted by atomic mass is 9.97. The first-order chi connectivity index (χ1) is 6.97. The van der Waals surface area contributed by atoms with Gasteiger partial charge in [-0.3, -0.25) is 4.57 Å². The van der Waals surface area contributed by atoms with Crippen LogP contribution in [0.5, 0.6) is 0 Å². The zero-order chi connectivity index (χ0) is 11.4. The van der Waals surface area contributed by atoms with E-state index in [2.05, 4.69) is 0 Å². The van der Waals surface area contributed by atoms with Crippen LogP contribution in [0.1, 0.15) is 20.3 Å². The number of rotatable bonds is 5. The maximum atomic E-state index is 11.9. The highest BCUT2D eigenvalue weighted by Crippen LogP contribution is 2.53. The molecule has 0 aromatic rings. The first kappa shape index (κ1) is 13.1. The van der Waals surface area contributed by atoms with Crippen LogP contribution in [0.3, 0.4) is 0 Å². The molecule has 1 rings (SSSR count). The van der Waals surface area contributed by atoms with Crippen molar-refractivity contribution in [3.05, 3.63) is 0 Å². The third kappa shape index (κ3) is 4.62. The Hall–Kier alpha value is 0.0700. The fourth-order valence-corrected chi connectivity index (χ4v) is 2.71. The molecule has 0 atom stereocenters. The smallest absolute Gasteiger partial charge is 0.356 e. The SMILES string of the molecule is CC1(C)COP(=O)(COCCCO)OC1. The van der Waals surface area contributed by atoms with Crippen molar-refractivity contribution in [2.24, 2.45) is 5.41 Å². The molecule has 0 saturated carbocycles. The average Bonchev–Trinajstić information content (AvgIpc) is 2.19. The van der Waals surface area contributed by atoms with Crippen molar-refractivity contribution in [2.75, 3.05) is 32.8 Å². The monoisotopic (exact) mass is 238 g/mol. The highest BCUT2D eigenvalue weighted by atomic mass is 31.2. The Labute approximate surface area is 90.3 Å². The minimum absolute atomic E-state index is 0.0247. The quantitative estimate of drug-likeness (QED) is 0.582. The van der Waals surface area contributed by atoms with E-state index in [0.29, 0.717) is 26.2 Å². The zero-order valence-corrected chi connectivity index (χ0v) is 10.2. The van der Waals surface area contributed by atoms with Gasteiger partial charge >= 0.3 is 7.60 Å². The molecule has 0 amide bonds. The Morgan fingerprint density at radius 3 is 2.53 bits per heavy atom. The summed E-state index contributed by atoms with van der Waals surface area (Å²) in [5, 5.41) is 8.52. The molecular formula is C9H19O5P. The van der Waals surface area contributed by atoms with Crippen molar-refractivity contribution in [1.29, 1.82) is 0 Å². The predicted molar refractivity (Wildman–Crippen MR) is 55.8 cm³/mol. The van der Waals surface area contributed by atoms with E-state index in [1.807, 2.05) is 13.8 Å². The molecule has 6 heteroatoms. The van der Waals surface area contributed by atoms with Gasteiger partial charge in [0.15, 0.2) is 0 Å². The maximum absolute atomic E-state index is 11.9. The Morgan fingerprint density at radius 1 is 1.40 bits per heavy atom. The summed E-state index contributed by atoms with van der Waals surface area (Å²) in [5.41, 5.74) is -0.0843. The van der Waals surface area contributed by atoms with E-state index >= 15 is 0 Å². The van der Waals surface area contributed by atoms with Gasteiger partial charge in [0.2, 0.25) is 0 Å². The molecule has 90 valence electrons. The Bertz CT molecular complexity index is 227. The second kappa shape index (κ2) is 5.41. The molecule has 1 N–H and O–H groups in total. The molecular weight excluding hydrogens is 219 g/mol. The van der Waals surface area contributed by atoms with Gasteiger partial charge in [0.1, 0.15) is 6.35 Å². The van der Waals surface area contributed by atoms with Gasteiger partial charge in [-0.2, -0.15) is 0 Å². The molecule has 0 aromatic heterocycles. The molecule has 1 heterocycles. The van der Waals surface area contributed by atoms with E-state index in [4.69, 9.17) is 18.9 Å². The summed E-state index contributed by atoms with van der Waals surface area (Å²) in [7, 11) is -3.04. The van der Waals surface area contributed by atoms with Crippen molar-refractivity contribution >= 4 is 7.60 Å². The molecule has 1 saturated heterocycles. The molecule has 1 fully saturated rings. The molecule has 1 aliphatic rings. The van der Waals surface area contributed by atoms with E-state index in [-0.39, 0.29) is 18.4 Å². The van der Waals surface area contributed by atoms with Crippen LogP contribution in [0, 0.1) is 5.41 Å². The van der Waals surface area contributed by atoms with Gasteiger partial charge in [-0.05, 0) is 6.42 Å². The van der Waals surface area contributed by atoms with Crippen LogP contribution in [0.15, 0.2) is 0 Å². The summed E-state index contributed by atoms with van der Waals surface area (Å²) in [4.78, 5) is 0. The van der Waals surface area contributed by atoms with E-state index in [1.165, 1.54) is 0 Å². The van der Waals surface area contributed by atoms with Crippen LogP contribution in [-0.4, -0.2) is 37.9 Å². The van der Waals surface area contributed by atoms with E-state index in [9.17, 15) is 4.57 Å². The fourth-order valence-electron chi connectivity index (χ4n) is 1.04. The summed E-state index contributed by atoms with van der Waals surface area (Å²) in [5.74, 6) is 0. The van der Waals surface area contributed by atoms with Gasteiger partial charge in [0.25, 0.3) is 0 Å². The van der Waals surface area contributed by atoms with Gasteiger partial charge in [-0.15, -0.1) is 0 Å². The fraction of sp³-hybridized carbons (Fsp3) is 1.00. The van der Waals surface area contributed by atoms with Crippen LogP contribution in [0.4, 0.5) is 0 Å². The molecule has 15 heavy (non-hydrogen) atoms. The first-order valence-corrected chi connectivity index (χ1v) is 6.77. The van der Waals surface area contributed by atoms with Crippen molar-refractivity contribution < 1.29 is 23.5 Å². The van der Waals surface area contributed by atoms with E-state index in [0.717, 1.165) is 0 Å². The molecule has 5 nitrogen and oxygen atoms in total. The summed E-state index contributed by atoms with van der Waals surface area (Å²) in [6.45, 7) is 5.27. The minimum atomic E-state index is -3.04. The minimum Gasteiger partial charge on any atom is -0.396 e. The maximum Gasteiger partial charge on any atom is 0.356 e. The highest BCUT2D eigenvalue weighted by Gasteiger charge is 2.36. The van der Waals surface area contributed by atoms with Gasteiger partial charge in [-0.1, -0.05) is 13.8 Å². The molecule has 0 radical (unpaired) electrons.